The van der Waals surface area contributed by atoms with E-state index in [1.165, 1.54) is 5.56 Å². The third-order valence-corrected chi connectivity index (χ3v) is 3.14. The molecule has 0 atom stereocenters. The number of aromatic amines is 1. The fourth-order valence-corrected chi connectivity index (χ4v) is 2.16. The van der Waals surface area contributed by atoms with Gasteiger partial charge < -0.3 is 14.7 Å². The van der Waals surface area contributed by atoms with E-state index in [4.69, 9.17) is 17.3 Å². The summed E-state index contributed by atoms with van der Waals surface area (Å²) in [6, 6.07) is 10.4. The first-order valence-electron chi connectivity index (χ1n) is 5.73. The monoisotopic (exact) mass is 248 g/mol. The Hall–Kier alpha value is -1.39. The highest BCUT2D eigenvalue weighted by Crippen LogP contribution is 2.07. The second-order valence-electron chi connectivity index (χ2n) is 3.98. The lowest BCUT2D eigenvalue weighted by atomic mass is 10.1. The second kappa shape index (κ2) is 5.80. The number of aromatic nitrogens is 2. The fourth-order valence-electron chi connectivity index (χ4n) is 1.89. The third kappa shape index (κ3) is 3.05. The lowest BCUT2D eigenvalue weighted by molar-refractivity contribution is 0.270. The van der Waals surface area contributed by atoms with Gasteiger partial charge in [0.05, 0.1) is 12.3 Å². The van der Waals surface area contributed by atoms with Crippen molar-refractivity contribution in [3.05, 3.63) is 52.6 Å². The van der Waals surface area contributed by atoms with E-state index in [9.17, 15) is 0 Å². The summed E-state index contributed by atoms with van der Waals surface area (Å²) in [6.07, 6.45) is 3.81. The van der Waals surface area contributed by atoms with Gasteiger partial charge in [-0.3, -0.25) is 0 Å². The highest BCUT2D eigenvalue weighted by atomic mass is 32.1. The van der Waals surface area contributed by atoms with Crippen molar-refractivity contribution in [2.45, 2.75) is 26.0 Å². The van der Waals surface area contributed by atoms with Crippen LogP contribution in [-0.4, -0.2) is 14.7 Å². The molecule has 0 fully saturated rings. The van der Waals surface area contributed by atoms with E-state index in [2.05, 4.69) is 29.2 Å². The summed E-state index contributed by atoms with van der Waals surface area (Å²) >= 11 is 5.17. The summed E-state index contributed by atoms with van der Waals surface area (Å²) < 4.78 is 2.64. The van der Waals surface area contributed by atoms with Crippen molar-refractivity contribution in [2.75, 3.05) is 0 Å². The summed E-state index contributed by atoms with van der Waals surface area (Å²) in [5.41, 5.74) is 2.18. The van der Waals surface area contributed by atoms with E-state index >= 15 is 0 Å². The first-order chi connectivity index (χ1) is 8.31. The molecule has 0 saturated carbocycles. The number of hydrogen-bond donors (Lipinski definition) is 2. The van der Waals surface area contributed by atoms with Gasteiger partial charge in [-0.05, 0) is 30.6 Å². The summed E-state index contributed by atoms with van der Waals surface area (Å²) in [4.78, 5) is 2.95. The number of nitrogens with zero attached hydrogens (tertiary/aromatic N) is 1. The minimum Gasteiger partial charge on any atom is -0.390 e. The van der Waals surface area contributed by atoms with Crippen molar-refractivity contribution in [2.24, 2.45) is 0 Å². The highest BCUT2D eigenvalue weighted by molar-refractivity contribution is 7.71. The number of H-pyrrole nitrogens is 1. The maximum Gasteiger partial charge on any atom is 0.177 e. The van der Waals surface area contributed by atoms with Gasteiger partial charge in [-0.25, -0.2) is 0 Å². The molecule has 0 unspecified atom stereocenters. The van der Waals surface area contributed by atoms with Crippen molar-refractivity contribution in [3.8, 4) is 0 Å². The summed E-state index contributed by atoms with van der Waals surface area (Å²) in [7, 11) is 0. The van der Waals surface area contributed by atoms with E-state index < -0.39 is 0 Å². The van der Waals surface area contributed by atoms with Crippen LogP contribution in [0.2, 0.25) is 0 Å². The van der Waals surface area contributed by atoms with Crippen LogP contribution in [0.3, 0.4) is 0 Å². The zero-order valence-electron chi connectivity index (χ0n) is 9.60. The first-order valence-corrected chi connectivity index (χ1v) is 6.14. The minimum atomic E-state index is 0.0263. The van der Waals surface area contributed by atoms with E-state index in [-0.39, 0.29) is 6.61 Å². The van der Waals surface area contributed by atoms with Crippen LogP contribution in [0.4, 0.5) is 0 Å². The van der Waals surface area contributed by atoms with E-state index in [1.807, 2.05) is 10.6 Å². The molecule has 4 heteroatoms. The molecule has 90 valence electrons. The number of benzene rings is 1. The number of aryl methyl sites for hydroxylation is 1. The van der Waals surface area contributed by atoms with Gasteiger partial charge in [-0.2, -0.15) is 0 Å². The largest absolute Gasteiger partial charge is 0.390 e. The molecule has 0 amide bonds. The molecule has 3 nitrogen and oxygen atoms in total. The van der Waals surface area contributed by atoms with Crippen LogP contribution in [0, 0.1) is 4.77 Å². The normalized spacial score (nSPS) is 10.6. The lowest BCUT2D eigenvalue weighted by Crippen LogP contribution is -2.04. The maximum absolute atomic E-state index is 9.16. The predicted molar refractivity (Wildman–Crippen MR) is 70.3 cm³/mol. The predicted octanol–water partition coefficient (Wildman–Crippen LogP) is 2.67. The van der Waals surface area contributed by atoms with E-state index in [0.717, 1.165) is 25.1 Å². The molecule has 0 aliphatic heterocycles. The summed E-state index contributed by atoms with van der Waals surface area (Å²) in [6.45, 7) is 0.867. The Bertz CT molecular complexity index is 516. The Balaban J connectivity index is 1.94. The minimum absolute atomic E-state index is 0.0263. The average Bonchev–Trinajstić information content (AvgIpc) is 2.72. The Kier molecular flexibility index (Phi) is 4.12. The number of rotatable bonds is 5. The first kappa shape index (κ1) is 12.1. The molecule has 1 aromatic heterocycles. The lowest BCUT2D eigenvalue weighted by Gasteiger charge is -2.06. The fraction of sp³-hybridized carbons (Fsp3) is 0.308. The molecule has 0 aliphatic rings. The summed E-state index contributed by atoms with van der Waals surface area (Å²) in [5.74, 6) is 0. The van der Waals surface area contributed by atoms with Gasteiger partial charge in [-0.1, -0.05) is 30.3 Å². The third-order valence-electron chi connectivity index (χ3n) is 2.81. The van der Waals surface area contributed by atoms with Crippen LogP contribution < -0.4 is 0 Å². The number of hydrogen-bond acceptors (Lipinski definition) is 2. The molecule has 0 spiro atoms. The van der Waals surface area contributed by atoms with Gasteiger partial charge in [0.2, 0.25) is 0 Å². The average molecular weight is 248 g/mol. The molecular formula is C13H16N2OS. The molecule has 0 aliphatic carbocycles. The van der Waals surface area contributed by atoms with Crippen molar-refractivity contribution in [1.29, 1.82) is 0 Å². The number of imidazole rings is 1. The van der Waals surface area contributed by atoms with Gasteiger partial charge >= 0.3 is 0 Å². The van der Waals surface area contributed by atoms with Gasteiger partial charge in [0.25, 0.3) is 0 Å². The Morgan fingerprint density at radius 2 is 2.00 bits per heavy atom. The zero-order chi connectivity index (χ0) is 12.1. The smallest absolute Gasteiger partial charge is 0.177 e. The van der Waals surface area contributed by atoms with Crippen LogP contribution in [0.25, 0.3) is 0 Å². The standard InChI is InChI=1S/C13H16N2OS/c16-10-12-9-14-13(17)15(12)8-4-7-11-5-2-1-3-6-11/h1-3,5-6,9,16H,4,7-8,10H2,(H,14,17). The van der Waals surface area contributed by atoms with Gasteiger partial charge in [-0.15, -0.1) is 0 Å². The molecule has 2 N–H and O–H groups in total. The van der Waals surface area contributed by atoms with E-state index in [0.29, 0.717) is 4.77 Å². The van der Waals surface area contributed by atoms with Gasteiger partial charge in [0, 0.05) is 12.7 Å². The Morgan fingerprint density at radius 3 is 2.71 bits per heavy atom. The SMILES string of the molecule is OCc1c[nH]c(=S)n1CCCc1ccccc1. The van der Waals surface area contributed by atoms with Gasteiger partial charge in [0.15, 0.2) is 4.77 Å². The Morgan fingerprint density at radius 1 is 1.24 bits per heavy atom. The Labute approximate surface area is 106 Å². The maximum atomic E-state index is 9.16. The van der Waals surface area contributed by atoms with E-state index in [1.54, 1.807) is 6.20 Å². The molecular weight excluding hydrogens is 232 g/mol. The van der Waals surface area contributed by atoms with Crippen molar-refractivity contribution in [1.82, 2.24) is 9.55 Å². The van der Waals surface area contributed by atoms with Crippen LogP contribution in [0.15, 0.2) is 36.5 Å². The molecule has 2 rings (SSSR count). The molecule has 0 bridgehead atoms. The van der Waals surface area contributed by atoms with Crippen molar-refractivity contribution < 1.29 is 5.11 Å². The van der Waals surface area contributed by atoms with Crippen LogP contribution in [0.1, 0.15) is 17.7 Å². The zero-order valence-corrected chi connectivity index (χ0v) is 10.4. The van der Waals surface area contributed by atoms with Gasteiger partial charge in [0.1, 0.15) is 0 Å². The molecule has 0 saturated heterocycles. The van der Waals surface area contributed by atoms with Crippen LogP contribution in [-0.2, 0) is 19.6 Å². The van der Waals surface area contributed by atoms with Crippen molar-refractivity contribution in [3.63, 3.8) is 0 Å². The van der Waals surface area contributed by atoms with Crippen LogP contribution in [0.5, 0.6) is 0 Å². The van der Waals surface area contributed by atoms with Crippen LogP contribution >= 0.6 is 12.2 Å². The molecule has 17 heavy (non-hydrogen) atoms. The number of nitrogens with one attached hydrogen (secondary N) is 1. The molecule has 1 heterocycles. The second-order valence-corrected chi connectivity index (χ2v) is 4.37. The number of aliphatic hydroxyl groups excluding tert-OH is 1. The van der Waals surface area contributed by atoms with Crippen molar-refractivity contribution >= 4 is 12.2 Å². The quantitative estimate of drug-likeness (QED) is 0.799. The summed E-state index contributed by atoms with van der Waals surface area (Å²) in [5, 5.41) is 9.16. The molecule has 2 aromatic rings. The number of aliphatic hydroxyl groups is 1. The molecule has 0 radical (unpaired) electrons. The topological polar surface area (TPSA) is 40.9 Å². The highest BCUT2D eigenvalue weighted by Gasteiger charge is 2.02. The molecule has 1 aromatic carbocycles.